The number of halogens is 1. The maximum atomic E-state index is 13.7. The van der Waals surface area contributed by atoms with Gasteiger partial charge >= 0.3 is 0 Å². The third kappa shape index (κ3) is 4.95. The molecule has 2 rings (SSSR count). The number of para-hydroxylation sites is 1. The van der Waals surface area contributed by atoms with Gasteiger partial charge in [-0.3, -0.25) is 4.79 Å². The molecular weight excluding hydrogens is 321 g/mol. The summed E-state index contributed by atoms with van der Waals surface area (Å²) in [6, 6.07) is 13.5. The number of carbonyl (C=O) groups excluding carboxylic acids is 1. The molecule has 2 atom stereocenters. The molecule has 0 aliphatic heterocycles. The fourth-order valence-electron chi connectivity index (χ4n) is 2.54. The van der Waals surface area contributed by atoms with E-state index in [1.165, 1.54) is 12.1 Å². The quantitative estimate of drug-likeness (QED) is 0.778. The molecule has 0 aliphatic rings. The summed E-state index contributed by atoms with van der Waals surface area (Å²) in [5.74, 6) is 0.116. The smallest absolute Gasteiger partial charge is 0.261 e. The maximum absolute atomic E-state index is 13.7. The molecule has 134 valence electrons. The van der Waals surface area contributed by atoms with Gasteiger partial charge in [0.2, 0.25) is 0 Å². The molecule has 2 aromatic carbocycles. The fraction of sp³-hybridized carbons (Fsp3) is 0.350. The summed E-state index contributed by atoms with van der Waals surface area (Å²) >= 11 is 0. The number of methoxy groups -OCH3 is 1. The Morgan fingerprint density at radius 1 is 1.08 bits per heavy atom. The van der Waals surface area contributed by atoms with E-state index in [2.05, 4.69) is 5.32 Å². The van der Waals surface area contributed by atoms with Crippen molar-refractivity contribution in [2.75, 3.05) is 7.11 Å². The standard InChI is InChI=1S/C20H24FNO3/c1-4-17(14-10-12-15(24-3)13-11-14)22-20(23)18(5-2)25-19-9-7-6-8-16(19)21/h6-13,17-18H,4-5H2,1-3H3,(H,22,23)/t17-,18-/m1/s1. The number of amides is 1. The Hall–Kier alpha value is -2.56. The minimum atomic E-state index is -0.746. The van der Waals surface area contributed by atoms with Gasteiger partial charge in [0, 0.05) is 0 Å². The summed E-state index contributed by atoms with van der Waals surface area (Å²) in [5, 5.41) is 2.98. The van der Waals surface area contributed by atoms with Crippen LogP contribution in [0.25, 0.3) is 0 Å². The Kier molecular flexibility index (Phi) is 6.81. The van der Waals surface area contributed by atoms with E-state index in [0.29, 0.717) is 6.42 Å². The molecule has 4 nitrogen and oxygen atoms in total. The number of carbonyl (C=O) groups is 1. The lowest BCUT2D eigenvalue weighted by molar-refractivity contribution is -0.129. The van der Waals surface area contributed by atoms with E-state index in [1.54, 1.807) is 19.2 Å². The first kappa shape index (κ1) is 18.8. The Balaban J connectivity index is 2.06. The highest BCUT2D eigenvalue weighted by molar-refractivity contribution is 5.81. The number of hydrogen-bond acceptors (Lipinski definition) is 3. The first-order valence-electron chi connectivity index (χ1n) is 8.44. The second-order valence-electron chi connectivity index (χ2n) is 5.69. The number of benzene rings is 2. The fourth-order valence-corrected chi connectivity index (χ4v) is 2.54. The van der Waals surface area contributed by atoms with Crippen LogP contribution in [0.5, 0.6) is 11.5 Å². The summed E-state index contributed by atoms with van der Waals surface area (Å²) in [7, 11) is 1.61. The van der Waals surface area contributed by atoms with E-state index in [1.807, 2.05) is 38.1 Å². The molecule has 5 heteroatoms. The van der Waals surface area contributed by atoms with Crippen molar-refractivity contribution in [3.8, 4) is 11.5 Å². The molecule has 0 spiro atoms. The predicted octanol–water partition coefficient (Wildman–Crippen LogP) is 4.26. The molecule has 1 amide bonds. The van der Waals surface area contributed by atoms with Gasteiger partial charge in [0.1, 0.15) is 5.75 Å². The average molecular weight is 345 g/mol. The Morgan fingerprint density at radius 3 is 2.32 bits per heavy atom. The number of ether oxygens (including phenoxy) is 2. The van der Waals surface area contributed by atoms with Crippen LogP contribution in [0, 0.1) is 5.82 Å². The van der Waals surface area contributed by atoms with Gasteiger partial charge in [0.05, 0.1) is 13.2 Å². The largest absolute Gasteiger partial charge is 0.497 e. The van der Waals surface area contributed by atoms with Gasteiger partial charge in [0.15, 0.2) is 17.7 Å². The molecule has 0 bridgehead atoms. The molecule has 0 radical (unpaired) electrons. The number of rotatable bonds is 8. The summed E-state index contributed by atoms with van der Waals surface area (Å²) in [5.41, 5.74) is 0.984. The lowest BCUT2D eigenvalue weighted by Gasteiger charge is -2.22. The van der Waals surface area contributed by atoms with Crippen molar-refractivity contribution in [2.45, 2.75) is 38.8 Å². The van der Waals surface area contributed by atoms with E-state index in [4.69, 9.17) is 9.47 Å². The number of hydrogen-bond donors (Lipinski definition) is 1. The molecule has 0 fully saturated rings. The third-order valence-corrected chi connectivity index (χ3v) is 4.01. The van der Waals surface area contributed by atoms with Crippen LogP contribution in [0.4, 0.5) is 4.39 Å². The zero-order chi connectivity index (χ0) is 18.2. The minimum Gasteiger partial charge on any atom is -0.497 e. The first-order chi connectivity index (χ1) is 12.1. The second kappa shape index (κ2) is 9.06. The minimum absolute atomic E-state index is 0.0852. The molecule has 0 saturated carbocycles. The van der Waals surface area contributed by atoms with Crippen LogP contribution in [0.3, 0.4) is 0 Å². The zero-order valence-electron chi connectivity index (χ0n) is 14.8. The molecule has 0 saturated heterocycles. The summed E-state index contributed by atoms with van der Waals surface area (Å²) < 4.78 is 24.5. The van der Waals surface area contributed by atoms with Gasteiger partial charge in [-0.1, -0.05) is 38.1 Å². The van der Waals surface area contributed by atoms with E-state index >= 15 is 0 Å². The van der Waals surface area contributed by atoms with Gasteiger partial charge in [-0.2, -0.15) is 0 Å². The average Bonchev–Trinajstić information content (AvgIpc) is 2.65. The van der Waals surface area contributed by atoms with Crippen LogP contribution in [0.15, 0.2) is 48.5 Å². The molecular formula is C20H24FNO3. The molecule has 1 N–H and O–H groups in total. The molecule has 0 heterocycles. The Morgan fingerprint density at radius 2 is 1.76 bits per heavy atom. The normalized spacial score (nSPS) is 13.0. The SMILES string of the molecule is CC[C@@H](Oc1ccccc1F)C(=O)N[C@H](CC)c1ccc(OC)cc1. The highest BCUT2D eigenvalue weighted by Gasteiger charge is 2.22. The van der Waals surface area contributed by atoms with Gasteiger partial charge in [-0.25, -0.2) is 4.39 Å². The van der Waals surface area contributed by atoms with E-state index in [-0.39, 0.29) is 17.7 Å². The van der Waals surface area contributed by atoms with E-state index in [9.17, 15) is 9.18 Å². The molecule has 2 aromatic rings. The van der Waals surface area contributed by atoms with Gasteiger partial charge in [0.25, 0.3) is 5.91 Å². The van der Waals surface area contributed by atoms with Crippen molar-refractivity contribution in [1.29, 1.82) is 0 Å². The van der Waals surface area contributed by atoms with Gasteiger partial charge < -0.3 is 14.8 Å². The van der Waals surface area contributed by atoms with Crippen LogP contribution in [0.2, 0.25) is 0 Å². The molecule has 0 unspecified atom stereocenters. The van der Waals surface area contributed by atoms with Crippen LogP contribution >= 0.6 is 0 Å². The summed E-state index contributed by atoms with van der Waals surface area (Å²) in [6.45, 7) is 3.83. The Labute approximate surface area is 148 Å². The van der Waals surface area contributed by atoms with Crippen molar-refractivity contribution in [3.63, 3.8) is 0 Å². The molecule has 0 aliphatic carbocycles. The van der Waals surface area contributed by atoms with Crippen molar-refractivity contribution in [2.24, 2.45) is 0 Å². The van der Waals surface area contributed by atoms with E-state index < -0.39 is 11.9 Å². The van der Waals surface area contributed by atoms with Crippen molar-refractivity contribution < 1.29 is 18.7 Å². The van der Waals surface area contributed by atoms with Crippen LogP contribution in [-0.4, -0.2) is 19.1 Å². The van der Waals surface area contributed by atoms with Crippen LogP contribution in [-0.2, 0) is 4.79 Å². The van der Waals surface area contributed by atoms with Crippen LogP contribution < -0.4 is 14.8 Å². The van der Waals surface area contributed by atoms with Crippen molar-refractivity contribution >= 4 is 5.91 Å². The van der Waals surface area contributed by atoms with Gasteiger partial charge in [-0.05, 0) is 42.7 Å². The number of nitrogens with one attached hydrogen (secondary N) is 1. The summed E-state index contributed by atoms with van der Waals surface area (Å²) in [6.07, 6.45) is 0.428. The van der Waals surface area contributed by atoms with Gasteiger partial charge in [-0.15, -0.1) is 0 Å². The predicted molar refractivity (Wildman–Crippen MR) is 95.3 cm³/mol. The molecule has 0 aromatic heterocycles. The molecule has 25 heavy (non-hydrogen) atoms. The van der Waals surface area contributed by atoms with Crippen molar-refractivity contribution in [1.82, 2.24) is 5.32 Å². The van der Waals surface area contributed by atoms with E-state index in [0.717, 1.165) is 17.7 Å². The Bertz CT molecular complexity index is 688. The van der Waals surface area contributed by atoms with Crippen LogP contribution in [0.1, 0.15) is 38.3 Å². The highest BCUT2D eigenvalue weighted by Crippen LogP contribution is 2.22. The monoisotopic (exact) mass is 345 g/mol. The third-order valence-electron chi connectivity index (χ3n) is 4.01. The zero-order valence-corrected chi connectivity index (χ0v) is 14.8. The highest BCUT2D eigenvalue weighted by atomic mass is 19.1. The summed E-state index contributed by atoms with van der Waals surface area (Å²) in [4.78, 5) is 12.6. The maximum Gasteiger partial charge on any atom is 0.261 e. The van der Waals surface area contributed by atoms with Crippen molar-refractivity contribution in [3.05, 3.63) is 59.9 Å². The first-order valence-corrected chi connectivity index (χ1v) is 8.44. The topological polar surface area (TPSA) is 47.6 Å². The lowest BCUT2D eigenvalue weighted by atomic mass is 10.0. The second-order valence-corrected chi connectivity index (χ2v) is 5.69. The lowest BCUT2D eigenvalue weighted by Crippen LogP contribution is -2.40.